The van der Waals surface area contributed by atoms with Crippen LogP contribution in [0.3, 0.4) is 0 Å². The van der Waals surface area contributed by atoms with Crippen LogP contribution in [0.15, 0.2) is 41.8 Å². The van der Waals surface area contributed by atoms with Crippen LogP contribution in [0.5, 0.6) is 11.5 Å². The van der Waals surface area contributed by atoms with Gasteiger partial charge in [0.2, 0.25) is 5.91 Å². The lowest BCUT2D eigenvalue weighted by Crippen LogP contribution is -2.43. The summed E-state index contributed by atoms with van der Waals surface area (Å²) in [4.78, 5) is 44.6. The molecule has 10 nitrogen and oxygen atoms in total. The quantitative estimate of drug-likeness (QED) is 0.216. The summed E-state index contributed by atoms with van der Waals surface area (Å²) in [5.74, 6) is 2.58. The summed E-state index contributed by atoms with van der Waals surface area (Å²) in [6.45, 7) is 1.72. The number of carbonyl (C=O) groups excluding carboxylic acids is 3. The van der Waals surface area contributed by atoms with E-state index in [0.717, 1.165) is 6.42 Å². The number of rotatable bonds is 12. The van der Waals surface area contributed by atoms with Gasteiger partial charge in [0.05, 0.1) is 36.7 Å². The number of carbonyl (C=O) groups is 3. The van der Waals surface area contributed by atoms with Gasteiger partial charge in [0.25, 0.3) is 11.8 Å². The summed E-state index contributed by atoms with van der Waals surface area (Å²) >= 11 is 7.63. The third-order valence-electron chi connectivity index (χ3n) is 6.38. The zero-order valence-corrected chi connectivity index (χ0v) is 24.7. The number of unbranched alkanes of at least 4 members (excludes halogenated alkanes) is 2. The van der Waals surface area contributed by atoms with Crippen molar-refractivity contribution < 1.29 is 28.6 Å². The van der Waals surface area contributed by atoms with Gasteiger partial charge in [-0.25, -0.2) is 4.98 Å². The van der Waals surface area contributed by atoms with Crippen LogP contribution in [0.1, 0.15) is 36.0 Å². The lowest BCUT2D eigenvalue weighted by atomic mass is 10.1. The van der Waals surface area contributed by atoms with E-state index >= 15 is 0 Å². The molecule has 1 aliphatic heterocycles. The molecule has 2 heterocycles. The smallest absolute Gasteiger partial charge is 0.260 e. The number of benzene rings is 2. The minimum absolute atomic E-state index is 0.191. The summed E-state index contributed by atoms with van der Waals surface area (Å²) in [7, 11) is 1.56. The number of thiazole rings is 1. The normalized spacial score (nSPS) is 12.7. The first-order valence-electron chi connectivity index (χ1n) is 13.3. The Morgan fingerprint density at radius 1 is 1.14 bits per heavy atom. The average molecular weight is 611 g/mol. The van der Waals surface area contributed by atoms with Crippen molar-refractivity contribution in [1.29, 1.82) is 0 Å². The summed E-state index contributed by atoms with van der Waals surface area (Å²) < 4.78 is 16.3. The van der Waals surface area contributed by atoms with Gasteiger partial charge in [-0.2, -0.15) is 0 Å². The SMILES string of the molecule is C#CCCCCC(=O)Nc1cc(C(=O)Nc2nc(-c3ccc(OC)cc3Cl)cs2)ccc1OCC(=O)N1CCOCC1. The zero-order valence-electron chi connectivity index (χ0n) is 23.1. The summed E-state index contributed by atoms with van der Waals surface area (Å²) in [5.41, 5.74) is 1.86. The molecule has 1 saturated heterocycles. The number of hydrogen-bond donors (Lipinski definition) is 2. The highest BCUT2D eigenvalue weighted by Crippen LogP contribution is 2.33. The van der Waals surface area contributed by atoms with Crippen LogP contribution in [0.4, 0.5) is 10.8 Å². The van der Waals surface area contributed by atoms with E-state index in [0.29, 0.717) is 66.3 Å². The number of nitrogens with one attached hydrogen (secondary N) is 2. The second kappa shape index (κ2) is 15.2. The second-order valence-electron chi connectivity index (χ2n) is 9.29. The van der Waals surface area contributed by atoms with E-state index < -0.39 is 5.91 Å². The zero-order chi connectivity index (χ0) is 29.9. The van der Waals surface area contributed by atoms with Gasteiger partial charge in [-0.15, -0.1) is 23.7 Å². The number of ether oxygens (including phenoxy) is 3. The molecule has 3 amide bonds. The molecule has 4 rings (SSSR count). The van der Waals surface area contributed by atoms with E-state index in [1.165, 1.54) is 17.4 Å². The Kier molecular flexibility index (Phi) is 11.2. The molecule has 2 aromatic carbocycles. The molecule has 0 radical (unpaired) electrons. The maximum atomic E-state index is 13.1. The van der Waals surface area contributed by atoms with Crippen LogP contribution in [-0.2, 0) is 14.3 Å². The predicted molar refractivity (Wildman–Crippen MR) is 162 cm³/mol. The molecule has 12 heteroatoms. The number of aromatic nitrogens is 1. The molecular weight excluding hydrogens is 580 g/mol. The van der Waals surface area contributed by atoms with Crippen molar-refractivity contribution in [3.63, 3.8) is 0 Å². The van der Waals surface area contributed by atoms with E-state index in [-0.39, 0.29) is 41.8 Å². The summed E-state index contributed by atoms with van der Waals surface area (Å²) in [6, 6.07) is 9.89. The molecule has 220 valence electrons. The van der Waals surface area contributed by atoms with Gasteiger partial charge < -0.3 is 24.4 Å². The Balaban J connectivity index is 1.47. The van der Waals surface area contributed by atoms with Crippen molar-refractivity contribution in [3.05, 3.63) is 52.4 Å². The fourth-order valence-electron chi connectivity index (χ4n) is 4.12. The third-order valence-corrected chi connectivity index (χ3v) is 7.45. The molecule has 0 saturated carbocycles. The van der Waals surface area contributed by atoms with Crippen molar-refractivity contribution in [2.24, 2.45) is 0 Å². The molecule has 0 unspecified atom stereocenters. The fraction of sp³-hybridized carbons (Fsp3) is 0.333. The van der Waals surface area contributed by atoms with Gasteiger partial charge in [0.15, 0.2) is 11.7 Å². The Hall–Kier alpha value is -4.11. The Morgan fingerprint density at radius 3 is 2.69 bits per heavy atom. The maximum Gasteiger partial charge on any atom is 0.260 e. The molecule has 2 N–H and O–H groups in total. The first-order valence-corrected chi connectivity index (χ1v) is 14.6. The largest absolute Gasteiger partial charge is 0.497 e. The summed E-state index contributed by atoms with van der Waals surface area (Å²) in [5, 5.41) is 8.23. The van der Waals surface area contributed by atoms with Gasteiger partial charge in [-0.05, 0) is 49.2 Å². The van der Waals surface area contributed by atoms with Gasteiger partial charge in [-0.3, -0.25) is 19.7 Å². The Morgan fingerprint density at radius 2 is 1.95 bits per heavy atom. The number of anilines is 2. The highest BCUT2D eigenvalue weighted by molar-refractivity contribution is 7.14. The highest BCUT2D eigenvalue weighted by atomic mass is 35.5. The van der Waals surface area contributed by atoms with Gasteiger partial charge in [0.1, 0.15) is 11.5 Å². The monoisotopic (exact) mass is 610 g/mol. The van der Waals surface area contributed by atoms with Gasteiger partial charge in [-0.1, -0.05) is 11.6 Å². The van der Waals surface area contributed by atoms with E-state index in [1.807, 2.05) is 0 Å². The van der Waals surface area contributed by atoms with Crippen LogP contribution in [0.2, 0.25) is 5.02 Å². The Labute approximate surface area is 253 Å². The number of morpholine rings is 1. The van der Waals surface area contributed by atoms with Gasteiger partial charge >= 0.3 is 0 Å². The van der Waals surface area contributed by atoms with E-state index in [2.05, 4.69) is 21.5 Å². The Bertz CT molecular complexity index is 1460. The van der Waals surface area contributed by atoms with Crippen LogP contribution in [0.25, 0.3) is 11.3 Å². The maximum absolute atomic E-state index is 13.1. The van der Waals surface area contributed by atoms with Crippen molar-refractivity contribution in [3.8, 4) is 35.1 Å². The number of nitrogens with zero attached hydrogens (tertiary/aromatic N) is 2. The number of halogens is 1. The number of methoxy groups -OCH3 is 1. The van der Waals surface area contributed by atoms with Crippen LogP contribution >= 0.6 is 22.9 Å². The highest BCUT2D eigenvalue weighted by Gasteiger charge is 2.20. The van der Waals surface area contributed by atoms with E-state index in [9.17, 15) is 14.4 Å². The van der Waals surface area contributed by atoms with Gasteiger partial charge in [0, 0.05) is 42.4 Å². The molecule has 42 heavy (non-hydrogen) atoms. The van der Waals surface area contributed by atoms with Crippen molar-refractivity contribution >= 4 is 51.5 Å². The number of amides is 3. The molecule has 0 aliphatic carbocycles. The molecule has 0 bridgehead atoms. The van der Waals surface area contributed by atoms with E-state index in [1.54, 1.807) is 47.7 Å². The minimum Gasteiger partial charge on any atom is -0.497 e. The predicted octanol–water partition coefficient (Wildman–Crippen LogP) is 5.09. The second-order valence-corrected chi connectivity index (χ2v) is 10.6. The molecule has 1 aliphatic rings. The third kappa shape index (κ3) is 8.45. The molecule has 0 atom stereocenters. The minimum atomic E-state index is -0.433. The lowest BCUT2D eigenvalue weighted by Gasteiger charge is -2.26. The van der Waals surface area contributed by atoms with E-state index in [4.69, 9.17) is 32.2 Å². The number of terminal acetylenes is 1. The molecular formula is C30H31ClN4O6S. The van der Waals surface area contributed by atoms with Crippen molar-refractivity contribution in [2.45, 2.75) is 25.7 Å². The molecule has 3 aromatic rings. The fourth-order valence-corrected chi connectivity index (χ4v) is 5.09. The first-order chi connectivity index (χ1) is 20.4. The number of hydrogen-bond acceptors (Lipinski definition) is 8. The van der Waals surface area contributed by atoms with Crippen LogP contribution in [-0.4, -0.2) is 67.6 Å². The molecule has 1 aromatic heterocycles. The topological polar surface area (TPSA) is 119 Å². The molecule has 0 spiro atoms. The van der Waals surface area contributed by atoms with Crippen LogP contribution in [0, 0.1) is 12.3 Å². The van der Waals surface area contributed by atoms with Crippen molar-refractivity contribution in [2.75, 3.05) is 50.7 Å². The van der Waals surface area contributed by atoms with Crippen LogP contribution < -0.4 is 20.1 Å². The first kappa shape index (κ1) is 30.8. The standard InChI is InChI=1S/C30H31ClN4O6S/c1-3-4-5-6-7-27(36)32-24-16-20(8-11-26(24)41-18-28(37)35-12-14-40-15-13-35)29(38)34-30-33-25(19-42-30)22-10-9-21(39-2)17-23(22)31/h1,8-11,16-17,19H,4-7,12-15,18H2,2H3,(H,32,36)(H,33,34,38). The average Bonchev–Trinajstić information content (AvgIpc) is 3.46. The summed E-state index contributed by atoms with van der Waals surface area (Å²) in [6.07, 6.45) is 7.47. The lowest BCUT2D eigenvalue weighted by molar-refractivity contribution is -0.137. The molecule has 1 fully saturated rings. The van der Waals surface area contributed by atoms with Crippen molar-refractivity contribution in [1.82, 2.24) is 9.88 Å².